The maximum Gasteiger partial charge on any atom is 0.380 e. The minimum atomic E-state index is -0.993. The summed E-state index contributed by atoms with van der Waals surface area (Å²) in [5.74, 6) is -2.19. The van der Waals surface area contributed by atoms with Crippen LogP contribution < -0.4 is 0 Å². The standard InChI is InChI=1S/C20H17FN2O3/c1-13-18(14(2)23(22-13)17-9-4-3-5-10-17)19(24)20(25)26-12-15-7-6-8-16(21)11-15/h3-11H,12H2,1-2H3. The zero-order valence-electron chi connectivity index (χ0n) is 14.4. The van der Waals surface area contributed by atoms with E-state index in [-0.39, 0.29) is 12.2 Å². The molecule has 0 aliphatic carbocycles. The molecular formula is C20H17FN2O3. The van der Waals surface area contributed by atoms with Crippen LogP contribution in [0.4, 0.5) is 4.39 Å². The summed E-state index contributed by atoms with van der Waals surface area (Å²) in [6.45, 7) is 3.22. The third-order valence-corrected chi connectivity index (χ3v) is 3.96. The molecule has 0 fully saturated rings. The van der Waals surface area contributed by atoms with Crippen LogP contribution in [0.3, 0.4) is 0 Å². The second-order valence-corrected chi connectivity index (χ2v) is 5.83. The van der Waals surface area contributed by atoms with Gasteiger partial charge in [0.2, 0.25) is 0 Å². The monoisotopic (exact) mass is 352 g/mol. The molecule has 0 saturated carbocycles. The molecule has 2 aromatic carbocycles. The van der Waals surface area contributed by atoms with Crippen LogP contribution in [-0.4, -0.2) is 21.5 Å². The molecule has 0 N–H and O–H groups in total. The first-order valence-electron chi connectivity index (χ1n) is 8.05. The smallest absolute Gasteiger partial charge is 0.380 e. The lowest BCUT2D eigenvalue weighted by atomic mass is 10.1. The number of hydrogen-bond donors (Lipinski definition) is 0. The molecule has 0 amide bonds. The zero-order valence-corrected chi connectivity index (χ0v) is 14.4. The van der Waals surface area contributed by atoms with Crippen molar-refractivity contribution in [3.8, 4) is 5.69 Å². The highest BCUT2D eigenvalue weighted by Crippen LogP contribution is 2.19. The highest BCUT2D eigenvalue weighted by molar-refractivity contribution is 6.41. The lowest BCUT2D eigenvalue weighted by molar-refractivity contribution is -0.139. The van der Waals surface area contributed by atoms with E-state index in [4.69, 9.17) is 4.74 Å². The average molecular weight is 352 g/mol. The minimum Gasteiger partial charge on any atom is -0.455 e. The number of aromatic nitrogens is 2. The molecule has 132 valence electrons. The van der Waals surface area contributed by atoms with E-state index in [1.54, 1.807) is 24.6 Å². The molecule has 0 aliphatic heterocycles. The maximum atomic E-state index is 13.2. The van der Waals surface area contributed by atoms with Gasteiger partial charge in [-0.05, 0) is 43.7 Å². The van der Waals surface area contributed by atoms with Crippen molar-refractivity contribution in [3.05, 3.63) is 82.9 Å². The van der Waals surface area contributed by atoms with Crippen molar-refractivity contribution in [2.75, 3.05) is 0 Å². The first-order chi connectivity index (χ1) is 12.5. The number of Topliss-reactive ketones (excluding diaryl/α,β-unsaturated/α-hetero) is 1. The molecule has 0 aliphatic rings. The molecular weight excluding hydrogens is 335 g/mol. The number of carbonyl (C=O) groups is 2. The van der Waals surface area contributed by atoms with Crippen LogP contribution in [0.25, 0.3) is 5.69 Å². The van der Waals surface area contributed by atoms with Gasteiger partial charge in [0.15, 0.2) is 0 Å². The van der Waals surface area contributed by atoms with Gasteiger partial charge < -0.3 is 4.74 Å². The largest absolute Gasteiger partial charge is 0.455 e. The topological polar surface area (TPSA) is 61.2 Å². The number of esters is 1. The van der Waals surface area contributed by atoms with E-state index in [1.807, 2.05) is 30.3 Å². The summed E-state index contributed by atoms with van der Waals surface area (Å²) in [7, 11) is 0. The van der Waals surface area contributed by atoms with Crippen molar-refractivity contribution in [1.29, 1.82) is 0 Å². The number of halogens is 1. The molecule has 3 rings (SSSR count). The van der Waals surface area contributed by atoms with E-state index in [9.17, 15) is 14.0 Å². The zero-order chi connectivity index (χ0) is 18.7. The normalized spacial score (nSPS) is 10.6. The fourth-order valence-corrected chi connectivity index (χ4v) is 2.74. The van der Waals surface area contributed by atoms with Gasteiger partial charge in [-0.25, -0.2) is 13.9 Å². The second-order valence-electron chi connectivity index (χ2n) is 5.83. The highest BCUT2D eigenvalue weighted by atomic mass is 19.1. The van der Waals surface area contributed by atoms with Crippen molar-refractivity contribution >= 4 is 11.8 Å². The Bertz CT molecular complexity index is 964. The SMILES string of the molecule is Cc1nn(-c2ccccc2)c(C)c1C(=O)C(=O)OCc1cccc(F)c1. The Morgan fingerprint density at radius 2 is 1.81 bits per heavy atom. The van der Waals surface area contributed by atoms with Gasteiger partial charge in [-0.2, -0.15) is 5.10 Å². The summed E-state index contributed by atoms with van der Waals surface area (Å²) in [6.07, 6.45) is 0. The fraction of sp³-hybridized carbons (Fsp3) is 0.150. The van der Waals surface area contributed by atoms with Crippen LogP contribution in [0, 0.1) is 19.7 Å². The van der Waals surface area contributed by atoms with Gasteiger partial charge in [0, 0.05) is 0 Å². The van der Waals surface area contributed by atoms with E-state index in [0.29, 0.717) is 17.0 Å². The molecule has 5 nitrogen and oxygen atoms in total. The predicted molar refractivity (Wildman–Crippen MR) is 93.6 cm³/mol. The maximum absolute atomic E-state index is 13.2. The van der Waals surface area contributed by atoms with E-state index in [1.165, 1.54) is 18.2 Å². The summed E-state index contributed by atoms with van der Waals surface area (Å²) >= 11 is 0. The number of ether oxygens (including phenoxy) is 1. The Kier molecular flexibility index (Phi) is 4.93. The lowest BCUT2D eigenvalue weighted by Gasteiger charge is -2.06. The Morgan fingerprint density at radius 3 is 2.50 bits per heavy atom. The number of carbonyl (C=O) groups excluding carboxylic acids is 2. The lowest BCUT2D eigenvalue weighted by Crippen LogP contribution is -2.19. The summed E-state index contributed by atoms with van der Waals surface area (Å²) in [5, 5.41) is 4.35. The Hall–Kier alpha value is -3.28. The number of rotatable bonds is 5. The number of aryl methyl sites for hydroxylation is 1. The predicted octanol–water partition coefficient (Wildman–Crippen LogP) is 3.55. The first-order valence-corrected chi connectivity index (χ1v) is 8.05. The summed E-state index contributed by atoms with van der Waals surface area (Å²) in [6, 6.07) is 15.0. The molecule has 1 aromatic heterocycles. The van der Waals surface area contributed by atoms with Crippen molar-refractivity contribution in [3.63, 3.8) is 0 Å². The van der Waals surface area contributed by atoms with Gasteiger partial charge in [0.25, 0.3) is 5.78 Å². The molecule has 0 bridgehead atoms. The van der Waals surface area contributed by atoms with Crippen LogP contribution in [0.15, 0.2) is 54.6 Å². The van der Waals surface area contributed by atoms with E-state index in [2.05, 4.69) is 5.10 Å². The summed E-state index contributed by atoms with van der Waals surface area (Å²) < 4.78 is 19.8. The van der Waals surface area contributed by atoms with Crippen LogP contribution in [0.5, 0.6) is 0 Å². The van der Waals surface area contributed by atoms with Crippen LogP contribution in [0.2, 0.25) is 0 Å². The quantitative estimate of drug-likeness (QED) is 0.400. The Labute approximate surface area is 150 Å². The van der Waals surface area contributed by atoms with Crippen molar-refractivity contribution in [1.82, 2.24) is 9.78 Å². The molecule has 1 heterocycles. The molecule has 26 heavy (non-hydrogen) atoms. The third-order valence-electron chi connectivity index (χ3n) is 3.96. The van der Waals surface area contributed by atoms with Crippen molar-refractivity contribution in [2.45, 2.75) is 20.5 Å². The number of ketones is 1. The van der Waals surface area contributed by atoms with Crippen LogP contribution in [0.1, 0.15) is 27.3 Å². The van der Waals surface area contributed by atoms with Crippen LogP contribution in [-0.2, 0) is 16.1 Å². The average Bonchev–Trinajstić information content (AvgIpc) is 2.94. The summed E-state index contributed by atoms with van der Waals surface area (Å²) in [4.78, 5) is 24.7. The number of nitrogens with zero attached hydrogens (tertiary/aromatic N) is 2. The van der Waals surface area contributed by atoms with Gasteiger partial charge >= 0.3 is 5.97 Å². The van der Waals surface area contributed by atoms with Crippen LogP contribution >= 0.6 is 0 Å². The number of benzene rings is 2. The molecule has 0 radical (unpaired) electrons. The first kappa shape index (κ1) is 17.5. The van der Waals surface area contributed by atoms with Gasteiger partial charge in [-0.1, -0.05) is 30.3 Å². The number of hydrogen-bond acceptors (Lipinski definition) is 4. The highest BCUT2D eigenvalue weighted by Gasteiger charge is 2.26. The molecule has 0 saturated heterocycles. The summed E-state index contributed by atoms with van der Waals surface area (Å²) in [5.41, 5.74) is 2.48. The van der Waals surface area contributed by atoms with Gasteiger partial charge in [0.1, 0.15) is 12.4 Å². The number of para-hydroxylation sites is 1. The van der Waals surface area contributed by atoms with Crippen molar-refractivity contribution < 1.29 is 18.7 Å². The second kappa shape index (κ2) is 7.31. The minimum absolute atomic E-state index is 0.173. The molecule has 3 aromatic rings. The molecule has 0 unspecified atom stereocenters. The fourth-order valence-electron chi connectivity index (χ4n) is 2.74. The van der Waals surface area contributed by atoms with Crippen molar-refractivity contribution in [2.24, 2.45) is 0 Å². The third kappa shape index (κ3) is 3.54. The van der Waals surface area contributed by atoms with Gasteiger partial charge in [0.05, 0.1) is 22.6 Å². The van der Waals surface area contributed by atoms with Gasteiger partial charge in [-0.3, -0.25) is 4.79 Å². The van der Waals surface area contributed by atoms with Gasteiger partial charge in [-0.15, -0.1) is 0 Å². The molecule has 6 heteroatoms. The van der Waals surface area contributed by atoms with E-state index >= 15 is 0 Å². The van der Waals surface area contributed by atoms with E-state index < -0.39 is 17.6 Å². The molecule has 0 spiro atoms. The molecule has 0 atom stereocenters. The van der Waals surface area contributed by atoms with E-state index in [0.717, 1.165) is 5.69 Å². The Morgan fingerprint density at radius 1 is 1.08 bits per heavy atom. The Balaban J connectivity index is 1.79.